The molecule has 0 spiro atoms. The molecule has 2 N–H and O–H groups in total. The van der Waals surface area contributed by atoms with E-state index < -0.39 is 0 Å². The second kappa shape index (κ2) is 12.7. The van der Waals surface area contributed by atoms with Crippen molar-refractivity contribution in [3.05, 3.63) is 109 Å². The van der Waals surface area contributed by atoms with Crippen LogP contribution in [0.5, 0.6) is 11.5 Å². The van der Waals surface area contributed by atoms with Crippen molar-refractivity contribution in [3.8, 4) is 22.6 Å². The SMILES string of the molecule is c1cncc(Oc2ccc(Nc3ccnc4cc(-c5cccc(CNCCN6CCOCC6)c5)ccc34)cc2)c1. The van der Waals surface area contributed by atoms with Gasteiger partial charge in [0.25, 0.3) is 0 Å². The Morgan fingerprint density at radius 1 is 0.825 bits per heavy atom. The van der Waals surface area contributed by atoms with Crippen LogP contribution in [-0.4, -0.2) is 54.3 Å². The molecular formula is C33H33N5O2. The minimum Gasteiger partial charge on any atom is -0.456 e. The number of nitrogens with one attached hydrogen (secondary N) is 2. The molecule has 0 aliphatic carbocycles. The molecule has 1 aliphatic heterocycles. The van der Waals surface area contributed by atoms with Gasteiger partial charge in [0, 0.05) is 61.9 Å². The second-order valence-electron chi connectivity index (χ2n) is 9.86. The van der Waals surface area contributed by atoms with Crippen molar-refractivity contribution < 1.29 is 9.47 Å². The number of benzene rings is 3. The molecule has 3 heterocycles. The van der Waals surface area contributed by atoms with Crippen molar-refractivity contribution >= 4 is 22.3 Å². The zero-order chi connectivity index (χ0) is 27.0. The van der Waals surface area contributed by atoms with E-state index in [1.54, 1.807) is 12.4 Å². The van der Waals surface area contributed by atoms with Gasteiger partial charge in [-0.15, -0.1) is 0 Å². The van der Waals surface area contributed by atoms with Crippen LogP contribution < -0.4 is 15.4 Å². The van der Waals surface area contributed by atoms with Gasteiger partial charge < -0.3 is 20.1 Å². The van der Waals surface area contributed by atoms with Crippen LogP contribution in [0.1, 0.15) is 5.56 Å². The molecule has 7 nitrogen and oxygen atoms in total. The van der Waals surface area contributed by atoms with Crippen molar-refractivity contribution in [2.24, 2.45) is 0 Å². The smallest absolute Gasteiger partial charge is 0.145 e. The molecule has 7 heteroatoms. The Balaban J connectivity index is 1.11. The molecule has 2 aromatic heterocycles. The van der Waals surface area contributed by atoms with E-state index in [1.807, 2.05) is 48.7 Å². The molecule has 3 aromatic carbocycles. The maximum atomic E-state index is 5.86. The van der Waals surface area contributed by atoms with Gasteiger partial charge >= 0.3 is 0 Å². The predicted molar refractivity (Wildman–Crippen MR) is 160 cm³/mol. The average Bonchev–Trinajstić information content (AvgIpc) is 3.01. The van der Waals surface area contributed by atoms with E-state index in [0.29, 0.717) is 5.75 Å². The summed E-state index contributed by atoms with van der Waals surface area (Å²) in [6.45, 7) is 6.62. The maximum Gasteiger partial charge on any atom is 0.145 e. The van der Waals surface area contributed by atoms with Crippen molar-refractivity contribution in [3.63, 3.8) is 0 Å². The van der Waals surface area contributed by atoms with Crippen LogP contribution in [0, 0.1) is 0 Å². The van der Waals surface area contributed by atoms with Gasteiger partial charge in [-0.2, -0.15) is 0 Å². The van der Waals surface area contributed by atoms with Crippen LogP contribution in [0.2, 0.25) is 0 Å². The van der Waals surface area contributed by atoms with Gasteiger partial charge in [-0.3, -0.25) is 14.9 Å². The summed E-state index contributed by atoms with van der Waals surface area (Å²) >= 11 is 0. The molecule has 0 bridgehead atoms. The lowest BCUT2D eigenvalue weighted by atomic mass is 10.0. The second-order valence-corrected chi connectivity index (χ2v) is 9.86. The van der Waals surface area contributed by atoms with E-state index in [2.05, 4.69) is 68.0 Å². The number of nitrogens with zero attached hydrogens (tertiary/aromatic N) is 3. The van der Waals surface area contributed by atoms with Gasteiger partial charge in [0.2, 0.25) is 0 Å². The monoisotopic (exact) mass is 531 g/mol. The van der Waals surface area contributed by atoms with E-state index in [-0.39, 0.29) is 0 Å². The molecule has 0 unspecified atom stereocenters. The first-order valence-corrected chi connectivity index (χ1v) is 13.7. The standard InChI is InChI=1S/C33H33N5O2/c1-3-25(23-35-15-16-38-17-19-39-20-18-38)21-26(4-1)27-6-11-31-32(12-14-36-33(31)22-27)37-28-7-9-29(10-8-28)40-30-5-2-13-34-24-30/h1-14,21-22,24,35H,15-20,23H2,(H,36,37). The van der Waals surface area contributed by atoms with Gasteiger partial charge in [0.1, 0.15) is 11.5 Å². The normalized spacial score (nSPS) is 13.8. The van der Waals surface area contributed by atoms with Gasteiger partial charge in [0.05, 0.1) is 24.9 Å². The van der Waals surface area contributed by atoms with Crippen molar-refractivity contribution in [2.45, 2.75) is 6.54 Å². The molecule has 0 radical (unpaired) electrons. The molecule has 202 valence electrons. The molecule has 1 saturated heterocycles. The Labute approximate surface area is 234 Å². The minimum absolute atomic E-state index is 0.713. The summed E-state index contributed by atoms with van der Waals surface area (Å²) in [7, 11) is 0. The molecule has 5 aromatic rings. The summed E-state index contributed by atoms with van der Waals surface area (Å²) in [4.78, 5) is 11.2. The quantitative estimate of drug-likeness (QED) is 0.206. The van der Waals surface area contributed by atoms with Gasteiger partial charge in [-0.05, 0) is 71.3 Å². The number of ether oxygens (including phenoxy) is 2. The fourth-order valence-electron chi connectivity index (χ4n) is 4.90. The number of pyridine rings is 2. The molecule has 0 atom stereocenters. The predicted octanol–water partition coefficient (Wildman–Crippen LogP) is 6.25. The van der Waals surface area contributed by atoms with Gasteiger partial charge in [0.15, 0.2) is 0 Å². The van der Waals surface area contributed by atoms with Crippen LogP contribution in [-0.2, 0) is 11.3 Å². The first kappa shape index (κ1) is 26.0. The van der Waals surface area contributed by atoms with E-state index in [4.69, 9.17) is 9.47 Å². The van der Waals surface area contributed by atoms with Crippen molar-refractivity contribution in [2.75, 3.05) is 44.7 Å². The Morgan fingerprint density at radius 2 is 1.70 bits per heavy atom. The molecule has 1 fully saturated rings. The third-order valence-corrected chi connectivity index (χ3v) is 7.04. The van der Waals surface area contributed by atoms with Gasteiger partial charge in [-0.25, -0.2) is 0 Å². The number of hydrogen-bond donors (Lipinski definition) is 2. The molecule has 1 aliphatic rings. The average molecular weight is 532 g/mol. The zero-order valence-electron chi connectivity index (χ0n) is 22.4. The molecule has 40 heavy (non-hydrogen) atoms. The van der Waals surface area contributed by atoms with E-state index in [0.717, 1.165) is 79.5 Å². The summed E-state index contributed by atoms with van der Waals surface area (Å²) in [5, 5.41) is 8.19. The highest BCUT2D eigenvalue weighted by molar-refractivity contribution is 5.95. The minimum atomic E-state index is 0.713. The molecule has 0 saturated carbocycles. The lowest BCUT2D eigenvalue weighted by molar-refractivity contribution is 0.0384. The highest BCUT2D eigenvalue weighted by atomic mass is 16.5. The lowest BCUT2D eigenvalue weighted by Crippen LogP contribution is -2.40. The van der Waals surface area contributed by atoms with E-state index in [9.17, 15) is 0 Å². The van der Waals surface area contributed by atoms with Crippen LogP contribution in [0.4, 0.5) is 11.4 Å². The number of anilines is 2. The van der Waals surface area contributed by atoms with Crippen LogP contribution in [0.25, 0.3) is 22.0 Å². The summed E-state index contributed by atoms with van der Waals surface area (Å²) in [5.74, 6) is 1.47. The Hall–Kier alpha value is -4.30. The maximum absolute atomic E-state index is 5.86. The number of hydrogen-bond acceptors (Lipinski definition) is 7. The highest BCUT2D eigenvalue weighted by Gasteiger charge is 2.10. The summed E-state index contributed by atoms with van der Waals surface area (Å²) < 4.78 is 11.3. The van der Waals surface area contributed by atoms with E-state index >= 15 is 0 Å². The van der Waals surface area contributed by atoms with Crippen LogP contribution in [0.3, 0.4) is 0 Å². The number of aromatic nitrogens is 2. The van der Waals surface area contributed by atoms with Crippen molar-refractivity contribution in [1.82, 2.24) is 20.2 Å². The largest absolute Gasteiger partial charge is 0.456 e. The lowest BCUT2D eigenvalue weighted by Gasteiger charge is -2.26. The molecular weight excluding hydrogens is 498 g/mol. The topological polar surface area (TPSA) is 71.5 Å². The number of morpholine rings is 1. The Bertz CT molecular complexity index is 1540. The van der Waals surface area contributed by atoms with E-state index in [1.165, 1.54) is 11.1 Å². The third kappa shape index (κ3) is 6.63. The summed E-state index contributed by atoms with van der Waals surface area (Å²) in [5.41, 5.74) is 6.56. The number of fused-ring (bicyclic) bond motifs is 1. The third-order valence-electron chi connectivity index (χ3n) is 7.04. The Morgan fingerprint density at radius 3 is 2.55 bits per heavy atom. The summed E-state index contributed by atoms with van der Waals surface area (Å²) in [6.07, 6.45) is 5.28. The summed E-state index contributed by atoms with van der Waals surface area (Å²) in [6, 6.07) is 28.9. The zero-order valence-corrected chi connectivity index (χ0v) is 22.4. The van der Waals surface area contributed by atoms with Gasteiger partial charge in [-0.1, -0.05) is 30.3 Å². The fraction of sp³-hybridized carbons (Fsp3) is 0.212. The van der Waals surface area contributed by atoms with Crippen LogP contribution >= 0.6 is 0 Å². The fourth-order valence-corrected chi connectivity index (χ4v) is 4.90. The van der Waals surface area contributed by atoms with Crippen molar-refractivity contribution in [1.29, 1.82) is 0 Å². The van der Waals surface area contributed by atoms with Crippen LogP contribution in [0.15, 0.2) is 104 Å². The first-order valence-electron chi connectivity index (χ1n) is 13.7. The highest BCUT2D eigenvalue weighted by Crippen LogP contribution is 2.30. The Kier molecular flexibility index (Phi) is 8.24. The first-order chi connectivity index (χ1) is 19.8. The molecule has 6 rings (SSSR count). The molecule has 0 amide bonds. The number of rotatable bonds is 10.